The highest BCUT2D eigenvalue weighted by molar-refractivity contribution is 7.89. The van der Waals surface area contributed by atoms with Crippen molar-refractivity contribution in [2.24, 2.45) is 0 Å². The molecule has 1 aliphatic rings. The maximum Gasteiger partial charge on any atom is 0.276 e. The van der Waals surface area contributed by atoms with Gasteiger partial charge in [-0.2, -0.15) is 4.31 Å². The van der Waals surface area contributed by atoms with E-state index in [-0.39, 0.29) is 30.0 Å². The van der Waals surface area contributed by atoms with Gasteiger partial charge in [-0.25, -0.2) is 18.6 Å². The molecule has 39 heavy (non-hydrogen) atoms. The van der Waals surface area contributed by atoms with Crippen LogP contribution in [0.5, 0.6) is 11.5 Å². The van der Waals surface area contributed by atoms with E-state index >= 15 is 0 Å². The Hall–Kier alpha value is -4.39. The van der Waals surface area contributed by atoms with Gasteiger partial charge in [0, 0.05) is 24.2 Å². The van der Waals surface area contributed by atoms with E-state index in [4.69, 9.17) is 9.47 Å². The number of ether oxygens (including phenoxy) is 2. The van der Waals surface area contributed by atoms with Gasteiger partial charge in [0.1, 0.15) is 24.1 Å². The number of para-hydroxylation sites is 2. The normalized spacial score (nSPS) is 15.4. The smallest absolute Gasteiger partial charge is 0.276 e. The van der Waals surface area contributed by atoms with Crippen molar-refractivity contribution in [3.05, 3.63) is 106 Å². The zero-order valence-electron chi connectivity index (χ0n) is 20.9. The highest BCUT2D eigenvalue weighted by Gasteiger charge is 2.43. The number of rotatable bonds is 8. The SMILES string of the molecule is COc1ccccc1COc1ccc(S(=O)(=O)N2CCc3[nH]n(-c4ccccc4)c(=O)c3C2C(=O)NO)cc1. The van der Waals surface area contributed by atoms with Crippen LogP contribution in [0.4, 0.5) is 0 Å². The Kier molecular flexibility index (Phi) is 7.24. The number of nitrogens with one attached hydrogen (secondary N) is 2. The summed E-state index contributed by atoms with van der Waals surface area (Å²) in [6.45, 7) is 0.124. The minimum absolute atomic E-state index is 0.0445. The molecule has 0 radical (unpaired) electrons. The first-order valence-electron chi connectivity index (χ1n) is 12.0. The number of aromatic amines is 1. The Labute approximate surface area is 224 Å². The van der Waals surface area contributed by atoms with Crippen LogP contribution in [-0.2, 0) is 27.8 Å². The second-order valence-electron chi connectivity index (χ2n) is 8.80. The molecule has 1 aromatic heterocycles. The molecular weight excluding hydrogens is 524 g/mol. The standard InChI is InChI=1S/C27H26N4O7S/c1-37-23-10-6-5-7-18(23)17-38-20-11-13-21(14-12-20)39(35,36)30-16-15-22-24(25(30)26(32)29-34)27(33)31(28-22)19-8-3-2-4-9-19/h2-14,25,28,34H,15-17H2,1H3,(H,29,32). The molecule has 11 nitrogen and oxygen atoms in total. The van der Waals surface area contributed by atoms with Gasteiger partial charge in [-0.1, -0.05) is 36.4 Å². The number of sulfonamides is 1. The van der Waals surface area contributed by atoms with Gasteiger partial charge < -0.3 is 9.47 Å². The fourth-order valence-corrected chi connectivity index (χ4v) is 6.19. The van der Waals surface area contributed by atoms with Crippen LogP contribution in [0.3, 0.4) is 0 Å². The Morgan fingerprint density at radius 3 is 2.44 bits per heavy atom. The quantitative estimate of drug-likeness (QED) is 0.226. The van der Waals surface area contributed by atoms with Gasteiger partial charge in [-0.05, 0) is 42.5 Å². The number of H-pyrrole nitrogens is 1. The number of amides is 1. The molecule has 3 N–H and O–H groups in total. The van der Waals surface area contributed by atoms with Gasteiger partial charge in [0.15, 0.2) is 0 Å². The topological polar surface area (TPSA) is 143 Å². The van der Waals surface area contributed by atoms with E-state index in [9.17, 15) is 23.2 Å². The Bertz CT molecular complexity index is 1650. The second kappa shape index (κ2) is 10.8. The summed E-state index contributed by atoms with van der Waals surface area (Å²) in [6, 6.07) is 20.3. The predicted octanol–water partition coefficient (Wildman–Crippen LogP) is 2.55. The van der Waals surface area contributed by atoms with Gasteiger partial charge >= 0.3 is 0 Å². The van der Waals surface area contributed by atoms with E-state index in [1.165, 1.54) is 34.4 Å². The minimum atomic E-state index is -4.25. The third kappa shape index (κ3) is 4.92. The van der Waals surface area contributed by atoms with E-state index < -0.39 is 27.5 Å². The Balaban J connectivity index is 1.43. The highest BCUT2D eigenvalue weighted by atomic mass is 32.2. The molecular formula is C27H26N4O7S. The maximum absolute atomic E-state index is 13.7. The van der Waals surface area contributed by atoms with Gasteiger partial charge in [-0.15, -0.1) is 0 Å². The summed E-state index contributed by atoms with van der Waals surface area (Å²) in [5.41, 5.74) is 2.67. The molecule has 2 heterocycles. The van der Waals surface area contributed by atoms with Crippen molar-refractivity contribution >= 4 is 15.9 Å². The lowest BCUT2D eigenvalue weighted by Gasteiger charge is -2.32. The van der Waals surface area contributed by atoms with Crippen LogP contribution in [0.15, 0.2) is 88.6 Å². The monoisotopic (exact) mass is 550 g/mol. The average molecular weight is 551 g/mol. The maximum atomic E-state index is 13.7. The number of carbonyl (C=O) groups is 1. The molecule has 202 valence electrons. The van der Waals surface area contributed by atoms with Crippen molar-refractivity contribution in [2.45, 2.75) is 24.0 Å². The fourth-order valence-electron chi connectivity index (χ4n) is 4.63. The molecule has 0 bridgehead atoms. The molecule has 1 unspecified atom stereocenters. The average Bonchev–Trinajstić information content (AvgIpc) is 3.32. The zero-order chi connectivity index (χ0) is 27.6. The van der Waals surface area contributed by atoms with E-state index in [0.717, 1.165) is 9.87 Å². The number of methoxy groups -OCH3 is 1. The van der Waals surface area contributed by atoms with E-state index in [2.05, 4.69) is 5.10 Å². The van der Waals surface area contributed by atoms with Crippen molar-refractivity contribution in [1.29, 1.82) is 0 Å². The van der Waals surface area contributed by atoms with Gasteiger partial charge in [0.25, 0.3) is 11.5 Å². The summed E-state index contributed by atoms with van der Waals surface area (Å²) in [5.74, 6) is 0.0693. The van der Waals surface area contributed by atoms with Crippen molar-refractivity contribution in [3.63, 3.8) is 0 Å². The second-order valence-corrected chi connectivity index (χ2v) is 10.7. The van der Waals surface area contributed by atoms with Crippen LogP contribution in [0, 0.1) is 0 Å². The van der Waals surface area contributed by atoms with Crippen LogP contribution in [-0.4, -0.2) is 47.3 Å². The number of aromatic nitrogens is 2. The van der Waals surface area contributed by atoms with Gasteiger partial charge in [-0.3, -0.25) is 19.9 Å². The molecule has 1 aliphatic heterocycles. The molecule has 0 aliphatic carbocycles. The van der Waals surface area contributed by atoms with Gasteiger partial charge in [0.05, 0.1) is 23.3 Å². The molecule has 0 saturated heterocycles. The van der Waals surface area contributed by atoms with E-state index in [0.29, 0.717) is 22.9 Å². The summed E-state index contributed by atoms with van der Waals surface area (Å²) in [4.78, 5) is 26.0. The number of benzene rings is 3. The number of carbonyl (C=O) groups excluding carboxylic acids is 1. The Morgan fingerprint density at radius 1 is 1.05 bits per heavy atom. The number of hydrogen-bond acceptors (Lipinski definition) is 7. The molecule has 12 heteroatoms. The highest BCUT2D eigenvalue weighted by Crippen LogP contribution is 2.33. The third-order valence-electron chi connectivity index (χ3n) is 6.54. The summed E-state index contributed by atoms with van der Waals surface area (Å²) in [5, 5.41) is 12.4. The summed E-state index contributed by atoms with van der Waals surface area (Å²) < 4.78 is 40.7. The van der Waals surface area contributed by atoms with Crippen molar-refractivity contribution in [1.82, 2.24) is 19.6 Å². The van der Waals surface area contributed by atoms with Gasteiger partial charge in [0.2, 0.25) is 10.0 Å². The lowest BCUT2D eigenvalue weighted by atomic mass is 10.0. The molecule has 0 spiro atoms. The van der Waals surface area contributed by atoms with Crippen LogP contribution in [0.1, 0.15) is 22.9 Å². The first-order chi connectivity index (χ1) is 18.8. The molecule has 1 atom stereocenters. The summed E-state index contributed by atoms with van der Waals surface area (Å²) in [6.07, 6.45) is 0.166. The van der Waals surface area contributed by atoms with Crippen molar-refractivity contribution in [3.8, 4) is 17.2 Å². The molecule has 3 aromatic carbocycles. The molecule has 5 rings (SSSR count). The molecule has 4 aromatic rings. The molecule has 0 fully saturated rings. The fraction of sp³-hybridized carbons (Fsp3) is 0.185. The Morgan fingerprint density at radius 2 is 1.74 bits per heavy atom. The number of hydrogen-bond donors (Lipinski definition) is 3. The van der Waals surface area contributed by atoms with Crippen LogP contribution in [0.2, 0.25) is 0 Å². The zero-order valence-corrected chi connectivity index (χ0v) is 21.7. The van der Waals surface area contributed by atoms with Crippen molar-refractivity contribution < 1.29 is 27.9 Å². The number of hydroxylamine groups is 1. The number of nitrogens with zero attached hydrogens (tertiary/aromatic N) is 2. The molecule has 1 amide bonds. The number of fused-ring (bicyclic) bond motifs is 1. The summed E-state index contributed by atoms with van der Waals surface area (Å²) >= 11 is 0. The lowest BCUT2D eigenvalue weighted by Crippen LogP contribution is -2.48. The molecule has 0 saturated carbocycles. The van der Waals surface area contributed by atoms with Crippen LogP contribution in [0.25, 0.3) is 5.69 Å². The van der Waals surface area contributed by atoms with E-state index in [1.807, 2.05) is 24.3 Å². The first-order valence-corrected chi connectivity index (χ1v) is 13.5. The van der Waals surface area contributed by atoms with Crippen LogP contribution < -0.4 is 20.5 Å². The van der Waals surface area contributed by atoms with Crippen molar-refractivity contribution in [2.75, 3.05) is 13.7 Å². The van der Waals surface area contributed by atoms with E-state index in [1.54, 1.807) is 37.4 Å². The summed E-state index contributed by atoms with van der Waals surface area (Å²) in [7, 11) is -2.69. The predicted molar refractivity (Wildman–Crippen MR) is 140 cm³/mol. The first kappa shape index (κ1) is 26.2. The third-order valence-corrected chi connectivity index (χ3v) is 8.42. The minimum Gasteiger partial charge on any atom is -0.496 e. The lowest BCUT2D eigenvalue weighted by molar-refractivity contribution is -0.133. The van der Waals surface area contributed by atoms with Crippen LogP contribution >= 0.6 is 0 Å². The largest absolute Gasteiger partial charge is 0.496 e.